The fourth-order valence-electron chi connectivity index (χ4n) is 2.38. The number of hydrogen-bond acceptors (Lipinski definition) is 3. The van der Waals surface area contributed by atoms with Gasteiger partial charge in [-0.1, -0.05) is 17.7 Å². The molecular weight excluding hydrogens is 288 g/mol. The maximum Gasteiger partial charge on any atom is 0.251 e. The Bertz CT molecular complexity index is 807. The summed E-state index contributed by atoms with van der Waals surface area (Å²) in [6.45, 7) is 2.39. The molecule has 0 aliphatic rings. The van der Waals surface area contributed by atoms with E-state index in [4.69, 9.17) is 0 Å². The lowest BCUT2D eigenvalue weighted by Gasteiger charge is -2.03. The van der Waals surface area contributed by atoms with Gasteiger partial charge in [0, 0.05) is 30.6 Å². The molecule has 5 heteroatoms. The summed E-state index contributed by atoms with van der Waals surface area (Å²) in [6, 6.07) is 13.4. The van der Waals surface area contributed by atoms with Crippen molar-refractivity contribution < 1.29 is 4.79 Å². The van der Waals surface area contributed by atoms with E-state index >= 15 is 0 Å². The molecule has 0 saturated carbocycles. The predicted octanol–water partition coefficient (Wildman–Crippen LogP) is 2.72. The van der Waals surface area contributed by atoms with Crippen LogP contribution in [-0.4, -0.2) is 20.7 Å². The van der Waals surface area contributed by atoms with Crippen LogP contribution in [0.2, 0.25) is 0 Å². The van der Waals surface area contributed by atoms with E-state index in [1.54, 1.807) is 12.4 Å². The summed E-state index contributed by atoms with van der Waals surface area (Å²) in [5.41, 5.74) is 4.65. The minimum absolute atomic E-state index is 0.0962. The predicted molar refractivity (Wildman–Crippen MR) is 88.8 cm³/mol. The molecule has 1 N–H and O–H groups in total. The monoisotopic (exact) mass is 306 g/mol. The third kappa shape index (κ3) is 3.45. The maximum absolute atomic E-state index is 12.1. The molecule has 0 atom stereocenters. The number of rotatable bonds is 4. The number of benzene rings is 1. The molecule has 0 aliphatic carbocycles. The van der Waals surface area contributed by atoms with Gasteiger partial charge in [0.2, 0.25) is 0 Å². The molecule has 0 aliphatic heterocycles. The van der Waals surface area contributed by atoms with Crippen molar-refractivity contribution in [1.82, 2.24) is 20.1 Å². The average Bonchev–Trinajstić information content (AvgIpc) is 2.95. The van der Waals surface area contributed by atoms with Crippen molar-refractivity contribution >= 4 is 5.91 Å². The van der Waals surface area contributed by atoms with Crippen molar-refractivity contribution in [3.63, 3.8) is 0 Å². The highest BCUT2D eigenvalue weighted by molar-refractivity contribution is 5.94. The zero-order chi connectivity index (χ0) is 16.2. The molecule has 2 aromatic heterocycles. The molecule has 0 radical (unpaired) electrons. The first kappa shape index (κ1) is 15.0. The van der Waals surface area contributed by atoms with Gasteiger partial charge in [0.25, 0.3) is 5.91 Å². The molecule has 0 spiro atoms. The van der Waals surface area contributed by atoms with Gasteiger partial charge in [-0.15, -0.1) is 0 Å². The van der Waals surface area contributed by atoms with Gasteiger partial charge >= 0.3 is 0 Å². The molecule has 0 unspecified atom stereocenters. The van der Waals surface area contributed by atoms with E-state index in [1.165, 1.54) is 0 Å². The number of amides is 1. The zero-order valence-corrected chi connectivity index (χ0v) is 13.2. The minimum atomic E-state index is -0.0962. The van der Waals surface area contributed by atoms with Gasteiger partial charge in [-0.05, 0) is 37.3 Å². The van der Waals surface area contributed by atoms with Crippen LogP contribution in [0.5, 0.6) is 0 Å². The maximum atomic E-state index is 12.1. The SMILES string of the molecule is Cc1ccc(C(=O)NCc2cc(-c3ccncc3)n(C)n2)cc1. The number of pyridine rings is 1. The Morgan fingerprint density at radius 1 is 1.13 bits per heavy atom. The topological polar surface area (TPSA) is 59.8 Å². The largest absolute Gasteiger partial charge is 0.346 e. The van der Waals surface area contributed by atoms with Crippen molar-refractivity contribution in [3.05, 3.63) is 71.7 Å². The van der Waals surface area contributed by atoms with Crippen LogP contribution in [0.25, 0.3) is 11.3 Å². The molecular formula is C18H18N4O. The molecule has 3 aromatic rings. The second-order valence-electron chi connectivity index (χ2n) is 5.43. The van der Waals surface area contributed by atoms with E-state index in [0.717, 1.165) is 22.5 Å². The van der Waals surface area contributed by atoms with Gasteiger partial charge in [-0.3, -0.25) is 14.5 Å². The summed E-state index contributed by atoms with van der Waals surface area (Å²) in [5.74, 6) is -0.0962. The lowest BCUT2D eigenvalue weighted by Crippen LogP contribution is -2.23. The van der Waals surface area contributed by atoms with Crippen LogP contribution < -0.4 is 5.32 Å². The first-order valence-electron chi connectivity index (χ1n) is 7.41. The van der Waals surface area contributed by atoms with Gasteiger partial charge in [-0.25, -0.2) is 0 Å². The van der Waals surface area contributed by atoms with Crippen molar-refractivity contribution in [1.29, 1.82) is 0 Å². The van der Waals surface area contributed by atoms with Gasteiger partial charge in [0.1, 0.15) is 0 Å². The number of carbonyl (C=O) groups is 1. The third-order valence-electron chi connectivity index (χ3n) is 3.65. The van der Waals surface area contributed by atoms with E-state index in [9.17, 15) is 4.79 Å². The second kappa shape index (κ2) is 6.44. The van der Waals surface area contributed by atoms with Crippen molar-refractivity contribution in [3.8, 4) is 11.3 Å². The second-order valence-corrected chi connectivity index (χ2v) is 5.43. The van der Waals surface area contributed by atoms with E-state index in [-0.39, 0.29) is 5.91 Å². The van der Waals surface area contributed by atoms with Crippen LogP contribution in [-0.2, 0) is 13.6 Å². The molecule has 0 saturated heterocycles. The average molecular weight is 306 g/mol. The summed E-state index contributed by atoms with van der Waals surface area (Å²) in [7, 11) is 1.89. The number of nitrogens with zero attached hydrogens (tertiary/aromatic N) is 3. The number of hydrogen-bond donors (Lipinski definition) is 1. The lowest BCUT2D eigenvalue weighted by atomic mass is 10.1. The Morgan fingerprint density at radius 2 is 1.83 bits per heavy atom. The number of carbonyl (C=O) groups excluding carboxylic acids is 1. The van der Waals surface area contributed by atoms with E-state index in [0.29, 0.717) is 12.1 Å². The Kier molecular flexibility index (Phi) is 4.19. The van der Waals surface area contributed by atoms with Gasteiger partial charge in [-0.2, -0.15) is 5.10 Å². The normalized spacial score (nSPS) is 10.5. The van der Waals surface area contributed by atoms with Crippen molar-refractivity contribution in [2.24, 2.45) is 7.05 Å². The summed E-state index contributed by atoms with van der Waals surface area (Å²) in [5, 5.41) is 7.35. The number of aryl methyl sites for hydroxylation is 2. The molecule has 5 nitrogen and oxygen atoms in total. The fraction of sp³-hybridized carbons (Fsp3) is 0.167. The first-order valence-corrected chi connectivity index (χ1v) is 7.41. The highest BCUT2D eigenvalue weighted by Crippen LogP contribution is 2.18. The molecule has 23 heavy (non-hydrogen) atoms. The van der Waals surface area contributed by atoms with Crippen LogP contribution >= 0.6 is 0 Å². The van der Waals surface area contributed by atoms with Crippen molar-refractivity contribution in [2.75, 3.05) is 0 Å². The summed E-state index contributed by atoms with van der Waals surface area (Å²) in [4.78, 5) is 16.2. The van der Waals surface area contributed by atoms with Crippen LogP contribution in [0.3, 0.4) is 0 Å². The molecule has 1 aromatic carbocycles. The molecule has 1 amide bonds. The zero-order valence-electron chi connectivity index (χ0n) is 13.2. The third-order valence-corrected chi connectivity index (χ3v) is 3.65. The van der Waals surface area contributed by atoms with Crippen LogP contribution in [0.4, 0.5) is 0 Å². The highest BCUT2D eigenvalue weighted by Gasteiger charge is 2.09. The first-order chi connectivity index (χ1) is 11.1. The lowest BCUT2D eigenvalue weighted by molar-refractivity contribution is 0.0950. The molecule has 116 valence electrons. The summed E-state index contributed by atoms with van der Waals surface area (Å²) in [6.07, 6.45) is 3.50. The molecule has 0 bridgehead atoms. The molecule has 0 fully saturated rings. The smallest absolute Gasteiger partial charge is 0.251 e. The van der Waals surface area contributed by atoms with E-state index in [2.05, 4.69) is 15.4 Å². The summed E-state index contributed by atoms with van der Waals surface area (Å²) < 4.78 is 1.81. The Labute approximate surface area is 135 Å². The standard InChI is InChI=1S/C18H18N4O/c1-13-3-5-15(6-4-13)18(23)20-12-16-11-17(22(2)21-16)14-7-9-19-10-8-14/h3-11H,12H2,1-2H3,(H,20,23). The molecule has 3 rings (SSSR count). The van der Waals surface area contributed by atoms with Gasteiger partial charge in [0.15, 0.2) is 0 Å². The number of aromatic nitrogens is 3. The Morgan fingerprint density at radius 3 is 2.52 bits per heavy atom. The quantitative estimate of drug-likeness (QED) is 0.806. The Hall–Kier alpha value is -2.95. The van der Waals surface area contributed by atoms with Crippen molar-refractivity contribution in [2.45, 2.75) is 13.5 Å². The van der Waals surface area contributed by atoms with Crippen LogP contribution in [0, 0.1) is 6.92 Å². The molecule has 2 heterocycles. The van der Waals surface area contributed by atoms with E-state index < -0.39 is 0 Å². The van der Waals surface area contributed by atoms with Gasteiger partial charge in [0.05, 0.1) is 17.9 Å². The van der Waals surface area contributed by atoms with Crippen LogP contribution in [0.15, 0.2) is 54.9 Å². The fourth-order valence-corrected chi connectivity index (χ4v) is 2.38. The van der Waals surface area contributed by atoms with Crippen LogP contribution in [0.1, 0.15) is 21.6 Å². The number of nitrogens with one attached hydrogen (secondary N) is 1. The Balaban J connectivity index is 1.69. The van der Waals surface area contributed by atoms with E-state index in [1.807, 2.05) is 61.1 Å². The minimum Gasteiger partial charge on any atom is -0.346 e. The highest BCUT2D eigenvalue weighted by atomic mass is 16.1. The summed E-state index contributed by atoms with van der Waals surface area (Å²) >= 11 is 0. The van der Waals surface area contributed by atoms with Gasteiger partial charge < -0.3 is 5.32 Å².